The molecule has 0 radical (unpaired) electrons. The van der Waals surface area contributed by atoms with Crippen molar-refractivity contribution in [1.29, 1.82) is 0 Å². The number of rotatable bonds is 6. The quantitative estimate of drug-likeness (QED) is 0.366. The number of hydrogen-bond donors (Lipinski definition) is 2. The molecular weight excluding hydrogens is 476 g/mol. The lowest BCUT2D eigenvalue weighted by atomic mass is 10.0. The SMILES string of the molecule is CCNC(=O)c1cc2c(-c3cc(S(=O)(=O)CC)ccc3-n3ccc4ccccc43)cn(C)c(=O)c2[nH]1. The van der Waals surface area contributed by atoms with E-state index in [0.717, 1.165) is 16.6 Å². The van der Waals surface area contributed by atoms with Crippen LogP contribution in [-0.4, -0.2) is 40.7 Å². The van der Waals surface area contributed by atoms with E-state index in [1.54, 1.807) is 44.4 Å². The number of aromatic amines is 1. The molecule has 1 amide bonds. The first-order valence-corrected chi connectivity index (χ1v) is 13.3. The lowest BCUT2D eigenvalue weighted by molar-refractivity contribution is 0.0951. The van der Waals surface area contributed by atoms with Crippen molar-refractivity contribution in [2.75, 3.05) is 12.3 Å². The number of nitrogens with one attached hydrogen (secondary N) is 2. The number of sulfone groups is 1. The molecule has 0 bridgehead atoms. The van der Waals surface area contributed by atoms with E-state index < -0.39 is 9.84 Å². The number of hydrogen-bond acceptors (Lipinski definition) is 4. The van der Waals surface area contributed by atoms with Gasteiger partial charge in [-0.25, -0.2) is 8.42 Å². The maximum absolute atomic E-state index is 13.0. The number of aromatic nitrogens is 3. The second kappa shape index (κ2) is 8.83. The third kappa shape index (κ3) is 3.81. The highest BCUT2D eigenvalue weighted by molar-refractivity contribution is 7.91. The van der Waals surface area contributed by atoms with E-state index in [2.05, 4.69) is 10.3 Å². The average molecular weight is 503 g/mol. The molecule has 0 aliphatic rings. The first-order chi connectivity index (χ1) is 17.2. The Hall–Kier alpha value is -4.11. The highest BCUT2D eigenvalue weighted by atomic mass is 32.2. The Kier molecular flexibility index (Phi) is 5.80. The van der Waals surface area contributed by atoms with Crippen LogP contribution >= 0.6 is 0 Å². The molecule has 0 saturated heterocycles. The summed E-state index contributed by atoms with van der Waals surface area (Å²) in [5, 5.41) is 4.33. The molecule has 3 aromatic heterocycles. The fraction of sp³-hybridized carbons (Fsp3) is 0.185. The van der Waals surface area contributed by atoms with E-state index in [0.29, 0.717) is 23.1 Å². The Morgan fingerprint density at radius 1 is 1.03 bits per heavy atom. The third-order valence-corrected chi connectivity index (χ3v) is 8.14. The van der Waals surface area contributed by atoms with Crippen LogP contribution in [0.1, 0.15) is 24.3 Å². The Balaban J connectivity index is 1.86. The van der Waals surface area contributed by atoms with Crippen LogP contribution in [0.2, 0.25) is 0 Å². The van der Waals surface area contributed by atoms with Gasteiger partial charge in [0, 0.05) is 42.5 Å². The first kappa shape index (κ1) is 23.6. The number of benzene rings is 2. The maximum atomic E-state index is 13.0. The first-order valence-electron chi connectivity index (χ1n) is 11.7. The van der Waals surface area contributed by atoms with Crippen molar-refractivity contribution in [3.8, 4) is 16.8 Å². The van der Waals surface area contributed by atoms with Crippen molar-refractivity contribution >= 4 is 37.6 Å². The zero-order valence-corrected chi connectivity index (χ0v) is 21.0. The van der Waals surface area contributed by atoms with Gasteiger partial charge in [-0.15, -0.1) is 0 Å². The van der Waals surface area contributed by atoms with E-state index in [-0.39, 0.29) is 33.3 Å². The summed E-state index contributed by atoms with van der Waals surface area (Å²) in [6.07, 6.45) is 3.63. The number of fused-ring (bicyclic) bond motifs is 2. The standard InChI is InChI=1S/C27H26N4O4S/c1-4-28-26(32)22-15-20-21(16-30(3)27(33)25(20)29-22)19-14-18(36(34,35)5-2)10-11-24(19)31-13-12-17-8-6-7-9-23(17)31/h6-16,29H,4-5H2,1-3H3,(H,28,32). The van der Waals surface area contributed by atoms with Crippen LogP contribution in [0.3, 0.4) is 0 Å². The monoisotopic (exact) mass is 502 g/mol. The van der Waals surface area contributed by atoms with Crippen molar-refractivity contribution < 1.29 is 13.2 Å². The van der Waals surface area contributed by atoms with Gasteiger partial charge in [-0.05, 0) is 48.7 Å². The number of pyridine rings is 1. The summed E-state index contributed by atoms with van der Waals surface area (Å²) in [5.41, 5.74) is 3.25. The number of carbonyl (C=O) groups excluding carboxylic acids is 1. The number of amides is 1. The number of carbonyl (C=O) groups is 1. The van der Waals surface area contributed by atoms with Crippen LogP contribution in [0, 0.1) is 0 Å². The van der Waals surface area contributed by atoms with E-state index in [1.807, 2.05) is 48.0 Å². The van der Waals surface area contributed by atoms with Gasteiger partial charge in [-0.1, -0.05) is 25.1 Å². The molecular formula is C27H26N4O4S. The average Bonchev–Trinajstić information content (AvgIpc) is 3.51. The van der Waals surface area contributed by atoms with Gasteiger partial charge in [0.05, 0.1) is 21.9 Å². The highest BCUT2D eigenvalue weighted by Crippen LogP contribution is 2.36. The zero-order chi connectivity index (χ0) is 25.6. The van der Waals surface area contributed by atoms with Gasteiger partial charge >= 0.3 is 0 Å². The summed E-state index contributed by atoms with van der Waals surface area (Å²) >= 11 is 0. The summed E-state index contributed by atoms with van der Waals surface area (Å²) in [5.74, 6) is -0.354. The molecule has 0 unspecified atom stereocenters. The minimum absolute atomic E-state index is 0.0353. The summed E-state index contributed by atoms with van der Waals surface area (Å²) < 4.78 is 29.1. The van der Waals surface area contributed by atoms with Gasteiger partial charge in [-0.2, -0.15) is 0 Å². The van der Waals surface area contributed by atoms with Gasteiger partial charge in [-0.3, -0.25) is 9.59 Å². The molecule has 0 spiro atoms. The van der Waals surface area contributed by atoms with Crippen molar-refractivity contribution in [2.24, 2.45) is 7.05 Å². The largest absolute Gasteiger partial charge is 0.351 e. The Bertz CT molecular complexity index is 1810. The van der Waals surface area contributed by atoms with Crippen LogP contribution in [0.5, 0.6) is 0 Å². The van der Waals surface area contributed by atoms with Crippen molar-refractivity contribution in [1.82, 2.24) is 19.4 Å². The molecule has 3 heterocycles. The summed E-state index contributed by atoms with van der Waals surface area (Å²) in [4.78, 5) is 28.7. The number of para-hydroxylation sites is 1. The Morgan fingerprint density at radius 3 is 2.56 bits per heavy atom. The lowest BCUT2D eigenvalue weighted by Crippen LogP contribution is -2.23. The Morgan fingerprint density at radius 2 is 1.81 bits per heavy atom. The van der Waals surface area contributed by atoms with Gasteiger partial charge in [0.15, 0.2) is 9.84 Å². The van der Waals surface area contributed by atoms with E-state index in [9.17, 15) is 18.0 Å². The fourth-order valence-electron chi connectivity index (χ4n) is 4.52. The number of nitrogens with zero attached hydrogens (tertiary/aromatic N) is 2. The third-order valence-electron chi connectivity index (χ3n) is 6.40. The summed E-state index contributed by atoms with van der Waals surface area (Å²) in [7, 11) is -1.86. The lowest BCUT2D eigenvalue weighted by Gasteiger charge is -2.16. The molecule has 5 aromatic rings. The predicted molar refractivity (Wildman–Crippen MR) is 142 cm³/mol. The van der Waals surface area contributed by atoms with Crippen LogP contribution in [0.25, 0.3) is 38.6 Å². The molecule has 9 heteroatoms. The predicted octanol–water partition coefficient (Wildman–Crippen LogP) is 4.02. The van der Waals surface area contributed by atoms with Crippen LogP contribution in [0.4, 0.5) is 0 Å². The van der Waals surface area contributed by atoms with Gasteiger partial charge in [0.25, 0.3) is 11.5 Å². The molecule has 2 N–H and O–H groups in total. The highest BCUT2D eigenvalue weighted by Gasteiger charge is 2.21. The molecule has 0 fully saturated rings. The number of H-pyrrole nitrogens is 1. The summed E-state index contributed by atoms with van der Waals surface area (Å²) in [6.45, 7) is 3.87. The Labute approximate surface area is 208 Å². The molecule has 0 aliphatic carbocycles. The number of aryl methyl sites for hydroxylation is 1. The maximum Gasteiger partial charge on any atom is 0.274 e. The normalized spacial score (nSPS) is 11.9. The second-order valence-corrected chi connectivity index (χ2v) is 10.9. The van der Waals surface area contributed by atoms with Crippen LogP contribution < -0.4 is 10.9 Å². The molecule has 184 valence electrons. The van der Waals surface area contributed by atoms with Gasteiger partial charge < -0.3 is 19.4 Å². The zero-order valence-electron chi connectivity index (χ0n) is 20.2. The van der Waals surface area contributed by atoms with Crippen molar-refractivity contribution in [2.45, 2.75) is 18.7 Å². The molecule has 2 aromatic carbocycles. The van der Waals surface area contributed by atoms with E-state index >= 15 is 0 Å². The van der Waals surface area contributed by atoms with Crippen molar-refractivity contribution in [3.63, 3.8) is 0 Å². The smallest absolute Gasteiger partial charge is 0.274 e. The van der Waals surface area contributed by atoms with Crippen LogP contribution in [0.15, 0.2) is 76.7 Å². The molecule has 0 saturated carbocycles. The van der Waals surface area contributed by atoms with E-state index in [1.165, 1.54) is 4.57 Å². The van der Waals surface area contributed by atoms with Crippen LogP contribution in [-0.2, 0) is 16.9 Å². The topological polar surface area (TPSA) is 106 Å². The molecule has 0 atom stereocenters. The van der Waals surface area contributed by atoms with Gasteiger partial charge in [0.2, 0.25) is 0 Å². The minimum atomic E-state index is -3.49. The van der Waals surface area contributed by atoms with E-state index in [4.69, 9.17) is 0 Å². The van der Waals surface area contributed by atoms with Gasteiger partial charge in [0.1, 0.15) is 11.2 Å². The second-order valence-electron chi connectivity index (χ2n) is 8.62. The summed E-state index contributed by atoms with van der Waals surface area (Å²) in [6, 6.07) is 16.6. The molecule has 8 nitrogen and oxygen atoms in total. The molecule has 36 heavy (non-hydrogen) atoms. The molecule has 0 aliphatic heterocycles. The van der Waals surface area contributed by atoms with Crippen molar-refractivity contribution in [3.05, 3.63) is 83.0 Å². The molecule has 5 rings (SSSR count). The minimum Gasteiger partial charge on any atom is -0.351 e. The fourth-order valence-corrected chi connectivity index (χ4v) is 5.43.